The largest absolute Gasteiger partial charge is 0.469 e. The molecule has 5 saturated carbocycles. The van der Waals surface area contributed by atoms with Gasteiger partial charge >= 0.3 is 11.9 Å². The zero-order chi connectivity index (χ0) is 42.7. The third-order valence-electron chi connectivity index (χ3n) is 20.8. The van der Waals surface area contributed by atoms with Crippen LogP contribution in [-0.4, -0.2) is 106 Å². The molecule has 6 aliphatic carbocycles. The highest BCUT2D eigenvalue weighted by Crippen LogP contribution is 2.85. The molecule has 10 fully saturated rings. The van der Waals surface area contributed by atoms with Gasteiger partial charge in [0.05, 0.1) is 43.3 Å². The zero-order valence-corrected chi connectivity index (χ0v) is 36.3. The summed E-state index contributed by atoms with van der Waals surface area (Å²) < 4.78 is 33.5. The first-order valence-corrected chi connectivity index (χ1v) is 23.8. The fraction of sp³-hybridized carbons (Fsp3) is 0.776. The predicted octanol–water partition coefficient (Wildman–Crippen LogP) is 3.99. The number of esters is 2. The fourth-order valence-electron chi connectivity index (χ4n) is 18.9. The molecule has 0 aromatic carbocycles. The molecule has 13 nitrogen and oxygen atoms in total. The molecule has 4 N–H and O–H groups in total. The lowest BCUT2D eigenvalue weighted by Crippen LogP contribution is -2.78. The number of hydrogen-bond donors (Lipinski definition) is 4. The number of aliphatic hydroxyl groups is 3. The van der Waals surface area contributed by atoms with E-state index >= 15 is 4.79 Å². The molecule has 1 aromatic heterocycles. The zero-order valence-electron chi connectivity index (χ0n) is 36.3. The highest BCUT2D eigenvalue weighted by Gasteiger charge is 2.94. The molecule has 62 heavy (non-hydrogen) atoms. The number of nitrogens with zero attached hydrogens (tertiary/aromatic N) is 1. The Morgan fingerprint density at radius 3 is 2.68 bits per heavy atom. The van der Waals surface area contributed by atoms with Crippen LogP contribution >= 0.6 is 0 Å². The third kappa shape index (κ3) is 4.24. The molecule has 4 spiro atoms. The minimum atomic E-state index is -1.48. The van der Waals surface area contributed by atoms with Crippen LogP contribution in [0.5, 0.6) is 0 Å². The number of aliphatic hydroxyl groups excluding tert-OH is 3. The number of epoxide rings is 1. The number of furan rings is 1. The highest BCUT2D eigenvalue weighted by atomic mass is 16.7. The van der Waals surface area contributed by atoms with Gasteiger partial charge in [0.2, 0.25) is 0 Å². The third-order valence-corrected chi connectivity index (χ3v) is 20.8. The number of Topliss-reactive ketones (excluding diaryl/α,β-unsaturated/α-hetero) is 1. The van der Waals surface area contributed by atoms with Crippen molar-refractivity contribution in [1.82, 2.24) is 10.2 Å². The highest BCUT2D eigenvalue weighted by molar-refractivity contribution is 5.93. The van der Waals surface area contributed by atoms with Crippen molar-refractivity contribution < 1.29 is 53.1 Å². The normalized spacial score (nSPS) is 53.9. The van der Waals surface area contributed by atoms with Gasteiger partial charge < -0.3 is 43.6 Å². The van der Waals surface area contributed by atoms with Gasteiger partial charge in [-0.3, -0.25) is 14.9 Å². The number of hydrogen-bond acceptors (Lipinski definition) is 13. The molecule has 0 radical (unpaired) electrons. The summed E-state index contributed by atoms with van der Waals surface area (Å²) in [4.78, 5) is 46.9. The predicted molar refractivity (Wildman–Crippen MR) is 218 cm³/mol. The Labute approximate surface area is 362 Å². The summed E-state index contributed by atoms with van der Waals surface area (Å²) in [5.41, 5.74) is -6.35. The Balaban J connectivity index is 0.923. The van der Waals surface area contributed by atoms with Crippen molar-refractivity contribution >= 4 is 17.7 Å². The summed E-state index contributed by atoms with van der Waals surface area (Å²) in [5.74, 6) is -0.709. The monoisotopic (exact) mass is 854 g/mol. The molecule has 1 aromatic rings. The number of carbonyl (C=O) groups is 3. The van der Waals surface area contributed by atoms with E-state index in [4.69, 9.17) is 23.4 Å². The van der Waals surface area contributed by atoms with E-state index in [9.17, 15) is 24.9 Å². The topological polar surface area (TPSA) is 181 Å². The van der Waals surface area contributed by atoms with Crippen LogP contribution in [0.3, 0.4) is 0 Å². The lowest BCUT2D eigenvalue weighted by atomic mass is 9.34. The maximum Gasteiger partial charge on any atom is 0.339 e. The minimum absolute atomic E-state index is 0.00899. The molecule has 5 saturated heterocycles. The fourth-order valence-corrected chi connectivity index (χ4v) is 18.9. The van der Waals surface area contributed by atoms with Crippen molar-refractivity contribution in [3.05, 3.63) is 48.1 Å². The molecular formula is C49H62N2O11. The molecule has 13 rings (SSSR count). The van der Waals surface area contributed by atoms with E-state index in [1.54, 1.807) is 6.26 Å². The quantitative estimate of drug-likeness (QED) is 0.184. The number of carbonyl (C=O) groups excluding carboxylic acids is 3. The molecule has 4 bridgehead atoms. The van der Waals surface area contributed by atoms with Crippen molar-refractivity contribution in [1.29, 1.82) is 0 Å². The Hall–Kier alpha value is -3.07. The molecule has 13 heteroatoms. The molecule has 12 aliphatic rings. The van der Waals surface area contributed by atoms with Gasteiger partial charge in [0.1, 0.15) is 35.6 Å². The Kier molecular flexibility index (Phi) is 7.75. The first-order chi connectivity index (χ1) is 29.6. The molecule has 334 valence electrons. The van der Waals surface area contributed by atoms with E-state index in [2.05, 4.69) is 41.6 Å². The van der Waals surface area contributed by atoms with E-state index < -0.39 is 80.7 Å². The van der Waals surface area contributed by atoms with Crippen molar-refractivity contribution in [2.24, 2.45) is 74.4 Å². The molecule has 6 aliphatic heterocycles. The van der Waals surface area contributed by atoms with E-state index in [-0.39, 0.29) is 48.6 Å². The second-order valence-corrected chi connectivity index (χ2v) is 23.3. The molecule has 7 heterocycles. The summed E-state index contributed by atoms with van der Waals surface area (Å²) in [7, 11) is 0. The van der Waals surface area contributed by atoms with E-state index in [0.717, 1.165) is 51.7 Å². The van der Waals surface area contributed by atoms with Crippen LogP contribution in [0.2, 0.25) is 0 Å². The second-order valence-electron chi connectivity index (χ2n) is 23.3. The van der Waals surface area contributed by atoms with Gasteiger partial charge in [-0.25, -0.2) is 4.79 Å². The summed E-state index contributed by atoms with van der Waals surface area (Å²) >= 11 is 0. The van der Waals surface area contributed by atoms with Gasteiger partial charge in [0.25, 0.3) is 0 Å². The van der Waals surface area contributed by atoms with Gasteiger partial charge in [-0.2, -0.15) is 0 Å². The van der Waals surface area contributed by atoms with Crippen LogP contribution < -0.4 is 5.32 Å². The average molecular weight is 855 g/mol. The maximum atomic E-state index is 15.3. The summed E-state index contributed by atoms with van der Waals surface area (Å²) in [6, 6.07) is 2.35. The summed E-state index contributed by atoms with van der Waals surface area (Å²) in [6.07, 6.45) is 12.6. The van der Waals surface area contributed by atoms with Crippen LogP contribution in [0.4, 0.5) is 0 Å². The van der Waals surface area contributed by atoms with Crippen molar-refractivity contribution in [3.8, 4) is 0 Å². The Bertz CT molecular complexity index is 2220. The molecule has 0 amide bonds. The number of cyclic esters (lactones) is 2. The SMILES string of the molecule is CC1(C)O[C@@H]2[C@@]34COC(=O)[C@]25C=C[C@H]2CC[C@@]5(C2)C[C@H]2C[C@@]5(C)[C@H](c6ccoc6C[C@@H]([C@H]6CC[C@H]7[C@H](C=CN8CNC[C@H]78)C6)[C@H](O)CO)OC(=O)[C@H]6O[C@]65[C@](C)([C@H](O)C(=O)[C@H]13)[C@H]24. The van der Waals surface area contributed by atoms with Crippen LogP contribution in [0.15, 0.2) is 41.2 Å². The first-order valence-electron chi connectivity index (χ1n) is 23.8. The lowest BCUT2D eigenvalue weighted by Gasteiger charge is -2.68. The van der Waals surface area contributed by atoms with Gasteiger partial charge in [-0.05, 0) is 124 Å². The van der Waals surface area contributed by atoms with E-state index in [1.165, 1.54) is 0 Å². The summed E-state index contributed by atoms with van der Waals surface area (Å²) in [6.45, 7) is 9.46. The molecule has 0 unspecified atom stereocenters. The van der Waals surface area contributed by atoms with Gasteiger partial charge in [-0.1, -0.05) is 32.1 Å². The maximum absolute atomic E-state index is 15.3. The van der Waals surface area contributed by atoms with Crippen LogP contribution in [0.1, 0.15) is 96.5 Å². The van der Waals surface area contributed by atoms with Gasteiger partial charge in [-0.15, -0.1) is 0 Å². The molecule has 20 atom stereocenters. The van der Waals surface area contributed by atoms with Gasteiger partial charge in [0, 0.05) is 40.8 Å². The van der Waals surface area contributed by atoms with Gasteiger partial charge in [0.15, 0.2) is 11.9 Å². The Morgan fingerprint density at radius 2 is 1.85 bits per heavy atom. The molecular weight excluding hydrogens is 793 g/mol. The Morgan fingerprint density at radius 1 is 1.02 bits per heavy atom. The summed E-state index contributed by atoms with van der Waals surface area (Å²) in [5, 5.41) is 38.5. The smallest absolute Gasteiger partial charge is 0.339 e. The standard InChI is InChI=1S/C49H62N2O11/c1-43(2)36-34(54)37(55)45(4)35-27(19-46-11-7-24(17-46)8-12-48(46)41(62-43)47(35,36)22-59-42(48)57)18-44(3)38(60-40(56)39-49(44,45)61-39)29-10-14-58-33(29)16-30(32(53)21-52)25-5-6-28-26(15-25)9-13-51-23-50-20-31(28)51/h8-10,12-14,24-28,30-32,35-39,41,50,52-53,55H,5-7,11,15-23H2,1-4H3/t24-,25+,26-,27-,28+,30+,31-,32-,35+,36-,37-,38+,39-,41-,44+,45+,46-,47-,48+,49-/m1/s1. The van der Waals surface area contributed by atoms with E-state index in [0.29, 0.717) is 54.4 Å². The first kappa shape index (κ1) is 39.3. The second kappa shape index (κ2) is 12.2. The number of fused-ring (bicyclic) bond motifs is 4. The van der Waals surface area contributed by atoms with Crippen LogP contribution in [0.25, 0.3) is 0 Å². The van der Waals surface area contributed by atoms with Crippen LogP contribution in [0, 0.1) is 74.4 Å². The number of allylic oxidation sites excluding steroid dienone is 2. The minimum Gasteiger partial charge on any atom is -0.469 e. The van der Waals surface area contributed by atoms with Crippen molar-refractivity contribution in [3.63, 3.8) is 0 Å². The number of ketones is 1. The number of ether oxygens (including phenoxy) is 4. The number of nitrogens with one attached hydrogen (secondary N) is 1. The van der Waals surface area contributed by atoms with Crippen molar-refractivity contribution in [2.75, 3.05) is 26.4 Å². The number of rotatable bonds is 6. The lowest BCUT2D eigenvalue weighted by molar-refractivity contribution is -0.269. The van der Waals surface area contributed by atoms with Crippen molar-refractivity contribution in [2.45, 2.75) is 133 Å². The van der Waals surface area contributed by atoms with E-state index in [1.807, 2.05) is 26.8 Å². The average Bonchev–Trinajstić information content (AvgIpc) is 3.52. The van der Waals surface area contributed by atoms with Crippen LogP contribution in [-0.2, 0) is 39.8 Å².